The molecule has 0 N–H and O–H groups in total. The van der Waals surface area contributed by atoms with Crippen molar-refractivity contribution in [2.75, 3.05) is 0 Å². The number of hydrogen-bond donors (Lipinski definition) is 0. The Kier molecular flexibility index (Phi) is 3.15. The molecule has 0 amide bonds. The number of nitrogens with zero attached hydrogens (tertiary/aromatic N) is 1. The van der Waals surface area contributed by atoms with E-state index in [1.165, 1.54) is 6.07 Å². The molecule has 18 heavy (non-hydrogen) atoms. The summed E-state index contributed by atoms with van der Waals surface area (Å²) in [7, 11) is 0. The molecule has 0 spiro atoms. The molecule has 2 aromatic rings. The van der Waals surface area contributed by atoms with Gasteiger partial charge in [0.25, 0.3) is 0 Å². The molecule has 1 heterocycles. The van der Waals surface area contributed by atoms with Crippen molar-refractivity contribution in [3.05, 3.63) is 35.5 Å². The zero-order chi connectivity index (χ0) is 13.3. The number of halogens is 3. The number of carbonyl (C=O) groups is 1. The topological polar surface area (TPSA) is 22.0 Å². The second-order valence-corrected chi connectivity index (χ2v) is 3.99. The summed E-state index contributed by atoms with van der Waals surface area (Å²) >= 11 is 0. The number of carbonyl (C=O) groups excluding carboxylic acids is 1. The number of para-hydroxylation sites is 1. The van der Waals surface area contributed by atoms with Gasteiger partial charge in [-0.2, -0.15) is 13.2 Å². The van der Waals surface area contributed by atoms with Crippen LogP contribution in [0.15, 0.2) is 24.3 Å². The molecule has 0 saturated heterocycles. The van der Waals surface area contributed by atoms with Gasteiger partial charge in [-0.25, -0.2) is 0 Å². The minimum absolute atomic E-state index is 0.125. The first-order valence-corrected chi connectivity index (χ1v) is 5.61. The molecule has 0 aliphatic heterocycles. The summed E-state index contributed by atoms with van der Waals surface area (Å²) in [5, 5.41) is 0.517. The van der Waals surface area contributed by atoms with Gasteiger partial charge in [0.1, 0.15) is 6.29 Å². The standard InChI is InChI=1S/C13H12F3NO/c1-2-17-10(6-7-18)8-9-4-3-5-11(12(9)17)13(14,15)16/h3-5,7-8H,2,6H2,1H3. The predicted octanol–water partition coefficient (Wildman–Crippen LogP) is 3.42. The lowest BCUT2D eigenvalue weighted by molar-refractivity contribution is -0.136. The van der Waals surface area contributed by atoms with E-state index in [2.05, 4.69) is 0 Å². The molecule has 0 saturated carbocycles. The lowest BCUT2D eigenvalue weighted by atomic mass is 10.1. The van der Waals surface area contributed by atoms with E-state index >= 15 is 0 Å². The minimum atomic E-state index is -4.39. The first-order valence-electron chi connectivity index (χ1n) is 5.61. The third-order valence-electron chi connectivity index (χ3n) is 2.92. The third kappa shape index (κ3) is 2.00. The first kappa shape index (κ1) is 12.7. The van der Waals surface area contributed by atoms with E-state index in [-0.39, 0.29) is 11.9 Å². The second-order valence-electron chi connectivity index (χ2n) is 3.99. The van der Waals surface area contributed by atoms with Gasteiger partial charge >= 0.3 is 6.18 Å². The van der Waals surface area contributed by atoms with Crippen LogP contribution in [0.25, 0.3) is 10.9 Å². The van der Waals surface area contributed by atoms with Crippen molar-refractivity contribution in [2.45, 2.75) is 26.1 Å². The maximum absolute atomic E-state index is 12.9. The van der Waals surface area contributed by atoms with Gasteiger partial charge in [0.15, 0.2) is 0 Å². The average Bonchev–Trinajstić information content (AvgIpc) is 2.65. The van der Waals surface area contributed by atoms with Crippen molar-refractivity contribution in [3.63, 3.8) is 0 Å². The highest BCUT2D eigenvalue weighted by atomic mass is 19.4. The fourth-order valence-electron chi connectivity index (χ4n) is 2.22. The third-order valence-corrected chi connectivity index (χ3v) is 2.92. The molecule has 1 aromatic heterocycles. The molecule has 0 unspecified atom stereocenters. The summed E-state index contributed by atoms with van der Waals surface area (Å²) in [6.07, 6.45) is -3.56. The molecular formula is C13H12F3NO. The first-order chi connectivity index (χ1) is 8.49. The average molecular weight is 255 g/mol. The summed E-state index contributed by atoms with van der Waals surface area (Å²) < 4.78 is 40.4. The fraction of sp³-hybridized carbons (Fsp3) is 0.308. The highest BCUT2D eigenvalue weighted by molar-refractivity contribution is 5.85. The highest BCUT2D eigenvalue weighted by Gasteiger charge is 2.33. The molecular weight excluding hydrogens is 243 g/mol. The number of alkyl halides is 3. The quantitative estimate of drug-likeness (QED) is 0.770. The van der Waals surface area contributed by atoms with Gasteiger partial charge < -0.3 is 9.36 Å². The predicted molar refractivity (Wildman–Crippen MR) is 62.4 cm³/mol. The lowest BCUT2D eigenvalue weighted by Gasteiger charge is -2.12. The lowest BCUT2D eigenvalue weighted by Crippen LogP contribution is -2.09. The van der Waals surface area contributed by atoms with Gasteiger partial charge in [0.05, 0.1) is 11.1 Å². The molecule has 0 radical (unpaired) electrons. The molecule has 5 heteroatoms. The number of aryl methyl sites for hydroxylation is 1. The van der Waals surface area contributed by atoms with E-state index in [1.54, 1.807) is 23.6 Å². The number of aromatic nitrogens is 1. The van der Waals surface area contributed by atoms with Crippen LogP contribution in [0, 0.1) is 0 Å². The van der Waals surface area contributed by atoms with Crippen LogP contribution in [0.1, 0.15) is 18.2 Å². The zero-order valence-corrected chi connectivity index (χ0v) is 9.79. The van der Waals surface area contributed by atoms with Gasteiger partial charge in [-0.1, -0.05) is 12.1 Å². The molecule has 1 aromatic carbocycles. The van der Waals surface area contributed by atoms with Gasteiger partial charge in [-0.15, -0.1) is 0 Å². The largest absolute Gasteiger partial charge is 0.418 e. The van der Waals surface area contributed by atoms with Crippen LogP contribution < -0.4 is 0 Å². The Morgan fingerprint density at radius 2 is 2.06 bits per heavy atom. The summed E-state index contributed by atoms with van der Waals surface area (Å²) in [6.45, 7) is 2.17. The van der Waals surface area contributed by atoms with Crippen molar-refractivity contribution in [1.82, 2.24) is 4.57 Å². The minimum Gasteiger partial charge on any atom is -0.344 e. The Morgan fingerprint density at radius 1 is 1.33 bits per heavy atom. The van der Waals surface area contributed by atoms with Crippen LogP contribution >= 0.6 is 0 Å². The van der Waals surface area contributed by atoms with Crippen LogP contribution in [0.3, 0.4) is 0 Å². The maximum atomic E-state index is 12.9. The summed E-state index contributed by atoms with van der Waals surface area (Å²) in [4.78, 5) is 10.6. The zero-order valence-electron chi connectivity index (χ0n) is 9.79. The Bertz CT molecular complexity index is 584. The molecule has 2 nitrogen and oxygen atoms in total. The van der Waals surface area contributed by atoms with Crippen molar-refractivity contribution >= 4 is 17.2 Å². The highest BCUT2D eigenvalue weighted by Crippen LogP contribution is 2.36. The van der Waals surface area contributed by atoms with Crippen LogP contribution in [0.2, 0.25) is 0 Å². The van der Waals surface area contributed by atoms with Gasteiger partial charge in [0, 0.05) is 24.0 Å². The smallest absolute Gasteiger partial charge is 0.344 e. The fourth-order valence-corrected chi connectivity index (χ4v) is 2.22. The molecule has 0 bridgehead atoms. The molecule has 0 fully saturated rings. The SMILES string of the molecule is CCn1c(CC=O)cc2cccc(C(F)(F)F)c21. The molecule has 0 atom stereocenters. The van der Waals surface area contributed by atoms with Crippen LogP contribution in [-0.4, -0.2) is 10.9 Å². The Morgan fingerprint density at radius 3 is 2.61 bits per heavy atom. The number of benzene rings is 1. The van der Waals surface area contributed by atoms with Crippen LogP contribution in [0.5, 0.6) is 0 Å². The Balaban J connectivity index is 2.78. The normalized spacial score (nSPS) is 12.0. The number of fused-ring (bicyclic) bond motifs is 1. The number of aldehydes is 1. The molecule has 0 aliphatic rings. The van der Waals surface area contributed by atoms with Crippen LogP contribution in [-0.2, 0) is 23.9 Å². The monoisotopic (exact) mass is 255 g/mol. The van der Waals surface area contributed by atoms with Crippen LogP contribution in [0.4, 0.5) is 13.2 Å². The van der Waals surface area contributed by atoms with E-state index in [9.17, 15) is 18.0 Å². The number of rotatable bonds is 3. The van der Waals surface area contributed by atoms with E-state index in [0.29, 0.717) is 23.9 Å². The van der Waals surface area contributed by atoms with E-state index in [1.807, 2.05) is 0 Å². The maximum Gasteiger partial charge on any atom is 0.418 e. The Labute approximate surface area is 102 Å². The van der Waals surface area contributed by atoms with Crippen molar-refractivity contribution in [3.8, 4) is 0 Å². The molecule has 96 valence electrons. The van der Waals surface area contributed by atoms with Crippen molar-refractivity contribution in [1.29, 1.82) is 0 Å². The summed E-state index contributed by atoms with van der Waals surface area (Å²) in [6, 6.07) is 5.72. The molecule has 2 rings (SSSR count). The Hall–Kier alpha value is -1.78. The van der Waals surface area contributed by atoms with E-state index in [0.717, 1.165) is 6.07 Å². The van der Waals surface area contributed by atoms with Crippen molar-refractivity contribution < 1.29 is 18.0 Å². The van der Waals surface area contributed by atoms with Gasteiger partial charge in [0.2, 0.25) is 0 Å². The van der Waals surface area contributed by atoms with Gasteiger partial charge in [-0.05, 0) is 19.1 Å². The van der Waals surface area contributed by atoms with E-state index < -0.39 is 11.7 Å². The van der Waals surface area contributed by atoms with Crippen molar-refractivity contribution in [2.24, 2.45) is 0 Å². The van der Waals surface area contributed by atoms with Gasteiger partial charge in [-0.3, -0.25) is 0 Å². The second kappa shape index (κ2) is 4.48. The van der Waals surface area contributed by atoms with E-state index in [4.69, 9.17) is 0 Å². The number of hydrogen-bond acceptors (Lipinski definition) is 1. The summed E-state index contributed by atoms with van der Waals surface area (Å²) in [5.41, 5.74) is 0.113. The molecule has 0 aliphatic carbocycles. The summed E-state index contributed by atoms with van der Waals surface area (Å²) in [5.74, 6) is 0.